The van der Waals surface area contributed by atoms with E-state index in [1.165, 1.54) is 70.6 Å². The summed E-state index contributed by atoms with van der Waals surface area (Å²) in [5.41, 5.74) is 1.81. The van der Waals surface area contributed by atoms with Gasteiger partial charge in [-0.3, -0.25) is 4.79 Å². The van der Waals surface area contributed by atoms with E-state index in [2.05, 4.69) is 41.2 Å². The maximum Gasteiger partial charge on any atom is 0.326 e. The smallest absolute Gasteiger partial charge is 0.326 e. The monoisotopic (exact) mass is 492 g/mol. The molecule has 0 radical (unpaired) electrons. The van der Waals surface area contributed by atoms with Gasteiger partial charge in [0.05, 0.1) is 0 Å². The number of carboxylic acid groups (broad SMARTS) is 1. The number of para-hydroxylation sites is 1. The third-order valence-electron chi connectivity index (χ3n) is 6.47. The van der Waals surface area contributed by atoms with Crippen LogP contribution in [0.3, 0.4) is 0 Å². The van der Waals surface area contributed by atoms with Gasteiger partial charge >= 0.3 is 5.97 Å². The topological polar surface area (TPSA) is 82.2 Å². The number of carbonyl (C=O) groups excluding carboxylic acids is 1. The lowest BCUT2D eigenvalue weighted by Crippen LogP contribution is -2.41. The Kier molecular flexibility index (Phi) is 14.9. The average Bonchev–Trinajstić information content (AvgIpc) is 3.28. The highest BCUT2D eigenvalue weighted by Gasteiger charge is 2.21. The molecular formula is C31H44N2O3. The molecule has 0 unspecified atom stereocenters. The summed E-state index contributed by atoms with van der Waals surface area (Å²) in [6.45, 7) is 2.26. The molecule has 0 aliphatic carbocycles. The van der Waals surface area contributed by atoms with Gasteiger partial charge in [0.15, 0.2) is 0 Å². The quantitative estimate of drug-likeness (QED) is 0.116. The Morgan fingerprint density at radius 1 is 0.944 bits per heavy atom. The van der Waals surface area contributed by atoms with Gasteiger partial charge in [-0.05, 0) is 49.7 Å². The van der Waals surface area contributed by atoms with Gasteiger partial charge in [-0.25, -0.2) is 4.79 Å². The fourth-order valence-electron chi connectivity index (χ4n) is 4.34. The zero-order valence-electron chi connectivity index (χ0n) is 22.0. The van der Waals surface area contributed by atoms with Gasteiger partial charge in [0.2, 0.25) is 0 Å². The first kappa shape index (κ1) is 29.2. The van der Waals surface area contributed by atoms with Crippen molar-refractivity contribution in [2.24, 2.45) is 0 Å². The number of aliphatic carboxylic acids is 1. The fraction of sp³-hybridized carbons (Fsp3) is 0.548. The summed E-state index contributed by atoms with van der Waals surface area (Å²) in [5, 5.41) is 13.0. The molecule has 0 saturated carbocycles. The number of carbonyl (C=O) groups is 2. The largest absolute Gasteiger partial charge is 0.480 e. The number of hydrogen-bond acceptors (Lipinski definition) is 2. The molecule has 0 bridgehead atoms. The van der Waals surface area contributed by atoms with E-state index in [0.29, 0.717) is 6.42 Å². The van der Waals surface area contributed by atoms with Crippen molar-refractivity contribution < 1.29 is 14.7 Å². The summed E-state index contributed by atoms with van der Waals surface area (Å²) in [5.74, 6) is 3.85. The number of H-pyrrole nitrogens is 1. The number of unbranched alkanes of at least 4 members (excludes halogenated alkanes) is 12. The highest BCUT2D eigenvalue weighted by Crippen LogP contribution is 2.19. The number of aromatic nitrogens is 1. The molecule has 1 atom stereocenters. The van der Waals surface area contributed by atoms with Crippen LogP contribution in [-0.4, -0.2) is 28.0 Å². The molecule has 0 spiro atoms. The maximum atomic E-state index is 12.1. The molecule has 0 aliphatic heterocycles. The third kappa shape index (κ3) is 12.1. The van der Waals surface area contributed by atoms with E-state index >= 15 is 0 Å². The van der Waals surface area contributed by atoms with E-state index in [-0.39, 0.29) is 6.42 Å². The predicted molar refractivity (Wildman–Crippen MR) is 149 cm³/mol. The minimum atomic E-state index is -1.06. The third-order valence-corrected chi connectivity index (χ3v) is 6.47. The average molecular weight is 493 g/mol. The zero-order chi connectivity index (χ0) is 25.8. The molecule has 1 aromatic heterocycles. The standard InChI is InChI=1S/C31H44N2O3/c1-2-3-4-5-6-7-8-9-10-11-12-13-14-15-16-17-18-23-30(34)33-29(31(35)36)24-26-25-32-28-22-20-19-21-27(26)28/h9-10,19-22,25,29,32H,2-8,11-17,24H2,1H3,(H,33,34)(H,35,36)/b10-9-/t29-/m0/s1. The summed E-state index contributed by atoms with van der Waals surface area (Å²) in [6.07, 6.45) is 23.6. The first-order valence-corrected chi connectivity index (χ1v) is 13.8. The Labute approximate surface area is 217 Å². The Morgan fingerprint density at radius 3 is 2.28 bits per heavy atom. The van der Waals surface area contributed by atoms with Gasteiger partial charge in [-0.15, -0.1) is 0 Å². The van der Waals surface area contributed by atoms with Crippen LogP contribution in [0.15, 0.2) is 42.6 Å². The number of fused-ring (bicyclic) bond motifs is 1. The van der Waals surface area contributed by atoms with E-state index < -0.39 is 17.9 Å². The molecule has 1 amide bonds. The zero-order valence-corrected chi connectivity index (χ0v) is 22.0. The van der Waals surface area contributed by atoms with Crippen molar-refractivity contribution in [3.8, 4) is 11.8 Å². The second-order valence-corrected chi connectivity index (χ2v) is 9.56. The lowest BCUT2D eigenvalue weighted by molar-refractivity contribution is -0.141. The SMILES string of the molecule is CCCCCCCC/C=C\CCCCCCCC#CC(=O)N[C@@H](Cc1c[nH]c2ccccc12)C(=O)O. The number of benzene rings is 1. The minimum absolute atomic E-state index is 0.209. The summed E-state index contributed by atoms with van der Waals surface area (Å²) in [4.78, 5) is 26.9. The Morgan fingerprint density at radius 2 is 1.58 bits per heavy atom. The highest BCUT2D eigenvalue weighted by molar-refractivity contribution is 5.96. The van der Waals surface area contributed by atoms with Crippen LogP contribution in [0.25, 0.3) is 10.9 Å². The molecule has 3 N–H and O–H groups in total. The highest BCUT2D eigenvalue weighted by atomic mass is 16.4. The number of amides is 1. The van der Waals surface area contributed by atoms with Gasteiger partial charge in [-0.1, -0.05) is 94.6 Å². The molecular weight excluding hydrogens is 448 g/mol. The van der Waals surface area contributed by atoms with Crippen LogP contribution < -0.4 is 5.32 Å². The molecule has 1 heterocycles. The van der Waals surface area contributed by atoms with Crippen molar-refractivity contribution in [3.05, 3.63) is 48.2 Å². The van der Waals surface area contributed by atoms with Crippen molar-refractivity contribution >= 4 is 22.8 Å². The molecule has 5 heteroatoms. The predicted octanol–water partition coefficient (Wildman–Crippen LogP) is 7.32. The molecule has 196 valence electrons. The number of allylic oxidation sites excluding steroid dienone is 2. The summed E-state index contributed by atoms with van der Waals surface area (Å²) in [7, 11) is 0. The van der Waals surface area contributed by atoms with Crippen molar-refractivity contribution in [2.75, 3.05) is 0 Å². The second-order valence-electron chi connectivity index (χ2n) is 9.56. The fourth-order valence-corrected chi connectivity index (χ4v) is 4.34. The van der Waals surface area contributed by atoms with E-state index in [1.807, 2.05) is 24.3 Å². The lowest BCUT2D eigenvalue weighted by atomic mass is 10.0. The van der Waals surface area contributed by atoms with Crippen molar-refractivity contribution in [2.45, 2.75) is 109 Å². The van der Waals surface area contributed by atoms with Crippen LogP contribution in [0.5, 0.6) is 0 Å². The number of hydrogen-bond donors (Lipinski definition) is 3. The molecule has 0 aliphatic rings. The summed E-state index contributed by atoms with van der Waals surface area (Å²) < 4.78 is 0. The van der Waals surface area contributed by atoms with Crippen LogP contribution in [0, 0.1) is 11.8 Å². The number of rotatable bonds is 18. The first-order chi connectivity index (χ1) is 17.6. The van der Waals surface area contributed by atoms with E-state index in [9.17, 15) is 14.7 Å². The van der Waals surface area contributed by atoms with Crippen LogP contribution in [-0.2, 0) is 16.0 Å². The molecule has 5 nitrogen and oxygen atoms in total. The molecule has 36 heavy (non-hydrogen) atoms. The van der Waals surface area contributed by atoms with Crippen molar-refractivity contribution in [3.63, 3.8) is 0 Å². The van der Waals surface area contributed by atoms with Crippen LogP contribution in [0.1, 0.15) is 102 Å². The lowest BCUT2D eigenvalue weighted by Gasteiger charge is -2.12. The normalized spacial score (nSPS) is 11.9. The van der Waals surface area contributed by atoms with Gasteiger partial charge < -0.3 is 15.4 Å². The molecule has 0 saturated heterocycles. The second kappa shape index (κ2) is 18.3. The number of nitrogens with one attached hydrogen (secondary N) is 2. The molecule has 0 fully saturated rings. The Bertz CT molecular complexity index is 996. The van der Waals surface area contributed by atoms with Crippen LogP contribution in [0.2, 0.25) is 0 Å². The van der Waals surface area contributed by atoms with Gasteiger partial charge in [0.25, 0.3) is 5.91 Å². The minimum Gasteiger partial charge on any atom is -0.480 e. The summed E-state index contributed by atoms with van der Waals surface area (Å²) in [6, 6.07) is 6.70. The van der Waals surface area contributed by atoms with Crippen molar-refractivity contribution in [1.82, 2.24) is 10.3 Å². The van der Waals surface area contributed by atoms with E-state index in [1.54, 1.807) is 6.20 Å². The van der Waals surface area contributed by atoms with Gasteiger partial charge in [0.1, 0.15) is 6.04 Å². The molecule has 2 rings (SSSR count). The van der Waals surface area contributed by atoms with Crippen LogP contribution in [0.4, 0.5) is 0 Å². The Hall–Kier alpha value is -3.00. The number of carboxylic acids is 1. The summed E-state index contributed by atoms with van der Waals surface area (Å²) >= 11 is 0. The molecule has 2 aromatic rings. The van der Waals surface area contributed by atoms with E-state index in [0.717, 1.165) is 29.3 Å². The van der Waals surface area contributed by atoms with E-state index in [4.69, 9.17) is 0 Å². The van der Waals surface area contributed by atoms with Gasteiger partial charge in [-0.2, -0.15) is 0 Å². The van der Waals surface area contributed by atoms with Crippen LogP contribution >= 0.6 is 0 Å². The van der Waals surface area contributed by atoms with Crippen molar-refractivity contribution in [1.29, 1.82) is 0 Å². The Balaban J connectivity index is 1.52. The van der Waals surface area contributed by atoms with Gasteiger partial charge in [0, 0.05) is 29.9 Å². The number of aromatic amines is 1. The molecule has 1 aromatic carbocycles. The maximum absolute atomic E-state index is 12.1. The first-order valence-electron chi connectivity index (χ1n) is 13.8.